The molecular formula is C30H32F3N5O. The number of benzene rings is 3. The molecule has 1 aromatic heterocycles. The van der Waals surface area contributed by atoms with Crippen LogP contribution in [0.2, 0.25) is 0 Å². The number of fused-ring (bicyclic) bond motifs is 1. The number of hydrogen-bond donors (Lipinski definition) is 2. The third-order valence-electron chi connectivity index (χ3n) is 6.96. The summed E-state index contributed by atoms with van der Waals surface area (Å²) >= 11 is 0. The summed E-state index contributed by atoms with van der Waals surface area (Å²) in [5, 5.41) is 8.20. The van der Waals surface area contributed by atoms with Crippen LogP contribution in [0.25, 0.3) is 10.9 Å². The number of nitrogens with zero attached hydrogens (tertiary/aromatic N) is 3. The summed E-state index contributed by atoms with van der Waals surface area (Å²) < 4.78 is 44.7. The van der Waals surface area contributed by atoms with Crippen LogP contribution < -0.4 is 20.3 Å². The van der Waals surface area contributed by atoms with Crippen molar-refractivity contribution in [3.05, 3.63) is 83.9 Å². The molecule has 39 heavy (non-hydrogen) atoms. The van der Waals surface area contributed by atoms with Gasteiger partial charge in [0.2, 0.25) is 5.95 Å². The van der Waals surface area contributed by atoms with Crippen LogP contribution in [-0.4, -0.2) is 36.1 Å². The molecule has 3 aromatic carbocycles. The van der Waals surface area contributed by atoms with Gasteiger partial charge in [-0.15, -0.1) is 0 Å². The highest BCUT2D eigenvalue weighted by atomic mass is 19.4. The van der Waals surface area contributed by atoms with Crippen molar-refractivity contribution in [3.63, 3.8) is 0 Å². The predicted molar refractivity (Wildman–Crippen MR) is 148 cm³/mol. The summed E-state index contributed by atoms with van der Waals surface area (Å²) in [6.07, 6.45) is -0.358. The first kappa shape index (κ1) is 26.7. The molecule has 0 saturated heterocycles. The van der Waals surface area contributed by atoms with Gasteiger partial charge < -0.3 is 20.3 Å². The summed E-state index contributed by atoms with van der Waals surface area (Å²) in [6, 6.07) is 21.1. The number of aromatic nitrogens is 2. The SMILES string of the molecule is CN(C)c1nc(N[C@H]2CC[C@@H](NCc3cccc(Oc4cccc(C(F)(F)F)c4)c3)CC2)nc2ccccc12. The molecule has 1 fully saturated rings. The number of anilines is 2. The second-order valence-corrected chi connectivity index (χ2v) is 10.1. The Morgan fingerprint density at radius 3 is 2.28 bits per heavy atom. The Hall–Kier alpha value is -3.85. The first-order chi connectivity index (χ1) is 18.7. The molecule has 4 aromatic rings. The van der Waals surface area contributed by atoms with E-state index < -0.39 is 11.7 Å². The van der Waals surface area contributed by atoms with Crippen molar-refractivity contribution in [3.8, 4) is 11.5 Å². The molecule has 0 radical (unpaired) electrons. The van der Waals surface area contributed by atoms with E-state index in [1.54, 1.807) is 6.07 Å². The fraction of sp³-hybridized carbons (Fsp3) is 0.333. The van der Waals surface area contributed by atoms with E-state index >= 15 is 0 Å². The highest BCUT2D eigenvalue weighted by Crippen LogP contribution is 2.33. The molecule has 0 aliphatic heterocycles. The predicted octanol–water partition coefficient (Wildman–Crippen LogP) is 7.02. The van der Waals surface area contributed by atoms with Crippen LogP contribution in [0, 0.1) is 0 Å². The van der Waals surface area contributed by atoms with Crippen LogP contribution >= 0.6 is 0 Å². The van der Waals surface area contributed by atoms with Gasteiger partial charge in [-0.3, -0.25) is 0 Å². The van der Waals surface area contributed by atoms with E-state index in [1.165, 1.54) is 12.1 Å². The number of nitrogens with one attached hydrogen (secondary N) is 2. The van der Waals surface area contributed by atoms with E-state index in [4.69, 9.17) is 14.7 Å². The van der Waals surface area contributed by atoms with Crippen molar-refractivity contribution in [1.29, 1.82) is 0 Å². The lowest BCUT2D eigenvalue weighted by Crippen LogP contribution is -2.37. The minimum atomic E-state index is -4.41. The maximum atomic E-state index is 13.0. The zero-order chi connectivity index (χ0) is 27.4. The van der Waals surface area contributed by atoms with Gasteiger partial charge in [-0.05, 0) is 73.7 Å². The summed E-state index contributed by atoms with van der Waals surface area (Å²) in [7, 11) is 3.98. The quantitative estimate of drug-likeness (QED) is 0.253. The first-order valence-electron chi connectivity index (χ1n) is 13.1. The van der Waals surface area contributed by atoms with Crippen molar-refractivity contribution in [2.24, 2.45) is 0 Å². The molecule has 1 aliphatic carbocycles. The number of para-hydroxylation sites is 1. The number of halogens is 3. The maximum absolute atomic E-state index is 13.0. The van der Waals surface area contributed by atoms with E-state index in [1.807, 2.05) is 61.5 Å². The molecule has 2 N–H and O–H groups in total. The first-order valence-corrected chi connectivity index (χ1v) is 13.1. The Kier molecular flexibility index (Phi) is 7.88. The topological polar surface area (TPSA) is 62.3 Å². The minimum absolute atomic E-state index is 0.161. The van der Waals surface area contributed by atoms with Gasteiger partial charge >= 0.3 is 6.18 Å². The Bertz CT molecular complexity index is 1420. The zero-order valence-corrected chi connectivity index (χ0v) is 22.0. The standard InChI is InChI=1S/C30H32F3N5O/c1-38(2)28-26-11-3-4-12-27(26)36-29(37-28)35-23-15-13-22(14-16-23)34-19-20-7-5-9-24(17-20)39-25-10-6-8-21(18-25)30(31,32)33/h3-12,17-18,22-23,34H,13-16,19H2,1-2H3,(H,35,36,37)/t22-,23+. The van der Waals surface area contributed by atoms with E-state index in [0.29, 0.717) is 30.3 Å². The third kappa shape index (κ3) is 6.78. The second kappa shape index (κ2) is 11.5. The van der Waals surface area contributed by atoms with Crippen LogP contribution in [0.5, 0.6) is 11.5 Å². The molecule has 204 valence electrons. The second-order valence-electron chi connectivity index (χ2n) is 10.1. The van der Waals surface area contributed by atoms with Crippen LogP contribution in [-0.2, 0) is 12.7 Å². The van der Waals surface area contributed by atoms with E-state index in [0.717, 1.165) is 60.1 Å². The summed E-state index contributed by atoms with van der Waals surface area (Å²) in [5.41, 5.74) is 1.21. The molecule has 0 bridgehead atoms. The van der Waals surface area contributed by atoms with Gasteiger partial charge in [0, 0.05) is 38.1 Å². The van der Waals surface area contributed by atoms with Crippen molar-refractivity contribution in [1.82, 2.24) is 15.3 Å². The fourth-order valence-electron chi connectivity index (χ4n) is 4.94. The summed E-state index contributed by atoms with van der Waals surface area (Å²) in [5.74, 6) is 2.23. The highest BCUT2D eigenvalue weighted by molar-refractivity contribution is 5.90. The Labute approximate surface area is 226 Å². The maximum Gasteiger partial charge on any atom is 0.416 e. The highest BCUT2D eigenvalue weighted by Gasteiger charge is 2.30. The monoisotopic (exact) mass is 535 g/mol. The molecule has 6 nitrogen and oxygen atoms in total. The van der Waals surface area contributed by atoms with E-state index in [-0.39, 0.29) is 5.75 Å². The van der Waals surface area contributed by atoms with Crippen molar-refractivity contribution >= 4 is 22.7 Å². The molecule has 5 rings (SSSR count). The van der Waals surface area contributed by atoms with Crippen LogP contribution in [0.3, 0.4) is 0 Å². The van der Waals surface area contributed by atoms with Crippen LogP contribution in [0.1, 0.15) is 36.8 Å². The number of hydrogen-bond acceptors (Lipinski definition) is 6. The molecule has 9 heteroatoms. The average Bonchev–Trinajstić information content (AvgIpc) is 2.92. The molecule has 0 atom stereocenters. The number of ether oxygens (including phenoxy) is 1. The largest absolute Gasteiger partial charge is 0.457 e. The molecule has 0 unspecified atom stereocenters. The fourth-order valence-corrected chi connectivity index (χ4v) is 4.94. The molecule has 0 spiro atoms. The van der Waals surface area contributed by atoms with Crippen molar-refractivity contribution in [2.45, 2.75) is 50.5 Å². The van der Waals surface area contributed by atoms with Gasteiger partial charge in [0.1, 0.15) is 17.3 Å². The van der Waals surface area contributed by atoms with Crippen molar-refractivity contribution in [2.75, 3.05) is 24.3 Å². The van der Waals surface area contributed by atoms with Gasteiger partial charge in [-0.1, -0.05) is 30.3 Å². The van der Waals surface area contributed by atoms with Crippen LogP contribution in [0.15, 0.2) is 72.8 Å². The lowest BCUT2D eigenvalue weighted by molar-refractivity contribution is -0.137. The van der Waals surface area contributed by atoms with Crippen LogP contribution in [0.4, 0.5) is 24.9 Å². The van der Waals surface area contributed by atoms with Gasteiger partial charge in [-0.2, -0.15) is 18.2 Å². The van der Waals surface area contributed by atoms with E-state index in [2.05, 4.69) is 10.6 Å². The van der Waals surface area contributed by atoms with Crippen molar-refractivity contribution < 1.29 is 17.9 Å². The molecule has 1 heterocycles. The number of rotatable bonds is 8. The molecule has 0 amide bonds. The van der Waals surface area contributed by atoms with Gasteiger partial charge in [0.25, 0.3) is 0 Å². The Morgan fingerprint density at radius 2 is 1.54 bits per heavy atom. The number of alkyl halides is 3. The molecule has 1 saturated carbocycles. The van der Waals surface area contributed by atoms with Gasteiger partial charge in [0.05, 0.1) is 11.1 Å². The lowest BCUT2D eigenvalue weighted by Gasteiger charge is -2.30. The minimum Gasteiger partial charge on any atom is -0.457 e. The third-order valence-corrected chi connectivity index (χ3v) is 6.96. The average molecular weight is 536 g/mol. The lowest BCUT2D eigenvalue weighted by atomic mass is 9.91. The van der Waals surface area contributed by atoms with Gasteiger partial charge in [-0.25, -0.2) is 4.98 Å². The Balaban J connectivity index is 1.13. The molecular weight excluding hydrogens is 503 g/mol. The normalized spacial score (nSPS) is 17.7. The molecule has 1 aliphatic rings. The smallest absolute Gasteiger partial charge is 0.416 e. The van der Waals surface area contributed by atoms with Gasteiger partial charge in [0.15, 0.2) is 0 Å². The summed E-state index contributed by atoms with van der Waals surface area (Å²) in [4.78, 5) is 11.5. The van der Waals surface area contributed by atoms with E-state index in [9.17, 15) is 13.2 Å². The summed E-state index contributed by atoms with van der Waals surface area (Å²) in [6.45, 7) is 0.655. The Morgan fingerprint density at radius 1 is 0.846 bits per heavy atom. The zero-order valence-electron chi connectivity index (χ0n) is 22.0.